The zero-order chi connectivity index (χ0) is 16.1. The van der Waals surface area contributed by atoms with E-state index in [0.717, 1.165) is 12.8 Å². The van der Waals surface area contributed by atoms with Gasteiger partial charge in [-0.3, -0.25) is 4.79 Å². The van der Waals surface area contributed by atoms with E-state index in [9.17, 15) is 4.79 Å². The van der Waals surface area contributed by atoms with Gasteiger partial charge in [-0.25, -0.2) is 0 Å². The van der Waals surface area contributed by atoms with Crippen LogP contribution in [0.4, 0.5) is 0 Å². The fraction of sp³-hybridized carbons (Fsp3) is 0.588. The van der Waals surface area contributed by atoms with Gasteiger partial charge in [0.05, 0.1) is 26.4 Å². The minimum atomic E-state index is -0.0442. The first-order valence-electron chi connectivity index (χ1n) is 7.72. The maximum Gasteiger partial charge on any atom is 0.261 e. The number of carbonyl (C=O) groups excluding carboxylic acids is 1. The maximum absolute atomic E-state index is 12.8. The van der Waals surface area contributed by atoms with Gasteiger partial charge >= 0.3 is 0 Å². The van der Waals surface area contributed by atoms with Gasteiger partial charge in [0.15, 0.2) is 0 Å². The molecule has 5 heteroatoms. The van der Waals surface area contributed by atoms with E-state index in [0.29, 0.717) is 30.2 Å². The molecular weight excluding hydrogens is 282 g/mol. The van der Waals surface area contributed by atoms with Crippen LogP contribution in [0, 0.1) is 0 Å². The topological polar surface area (TPSA) is 48.0 Å². The number of benzene rings is 1. The molecule has 1 aromatic rings. The zero-order valence-corrected chi connectivity index (χ0v) is 13.8. The second kappa shape index (κ2) is 7.49. The summed E-state index contributed by atoms with van der Waals surface area (Å²) in [4.78, 5) is 14.7. The van der Waals surface area contributed by atoms with Crippen molar-refractivity contribution in [3.05, 3.63) is 23.8 Å². The number of hydrogen-bond donors (Lipinski definition) is 0. The fourth-order valence-corrected chi connectivity index (χ4v) is 2.80. The molecule has 0 bridgehead atoms. The third kappa shape index (κ3) is 3.71. The number of amides is 1. The molecule has 1 fully saturated rings. The van der Waals surface area contributed by atoms with Crippen molar-refractivity contribution in [1.29, 1.82) is 0 Å². The average molecular weight is 307 g/mol. The molecule has 0 saturated carbocycles. The van der Waals surface area contributed by atoms with E-state index in [1.54, 1.807) is 26.4 Å². The van der Waals surface area contributed by atoms with Gasteiger partial charge in [-0.15, -0.1) is 0 Å². The Kier molecular flexibility index (Phi) is 5.66. The van der Waals surface area contributed by atoms with E-state index in [-0.39, 0.29) is 18.1 Å². The quantitative estimate of drug-likeness (QED) is 0.839. The van der Waals surface area contributed by atoms with E-state index < -0.39 is 0 Å². The van der Waals surface area contributed by atoms with Crippen LogP contribution in [0.5, 0.6) is 11.5 Å². The molecule has 1 saturated heterocycles. The van der Waals surface area contributed by atoms with E-state index >= 15 is 0 Å². The maximum atomic E-state index is 12.8. The summed E-state index contributed by atoms with van der Waals surface area (Å²) in [7, 11) is 3.13. The molecule has 1 heterocycles. The van der Waals surface area contributed by atoms with Crippen LogP contribution in [0.1, 0.15) is 37.0 Å². The zero-order valence-electron chi connectivity index (χ0n) is 13.8. The van der Waals surface area contributed by atoms with Crippen molar-refractivity contribution < 1.29 is 19.0 Å². The highest BCUT2D eigenvalue weighted by Crippen LogP contribution is 2.30. The largest absolute Gasteiger partial charge is 0.496 e. The molecule has 122 valence electrons. The molecule has 1 amide bonds. The summed E-state index contributed by atoms with van der Waals surface area (Å²) in [5, 5.41) is 0. The molecule has 1 aliphatic heterocycles. The van der Waals surface area contributed by atoms with E-state index in [1.165, 1.54) is 0 Å². The van der Waals surface area contributed by atoms with E-state index in [2.05, 4.69) is 0 Å². The number of nitrogens with zero attached hydrogens (tertiary/aromatic N) is 1. The van der Waals surface area contributed by atoms with Gasteiger partial charge in [0.1, 0.15) is 17.1 Å². The Morgan fingerprint density at radius 2 is 1.68 bits per heavy atom. The highest BCUT2D eigenvalue weighted by molar-refractivity contribution is 5.99. The Hall–Kier alpha value is -1.75. The van der Waals surface area contributed by atoms with Crippen molar-refractivity contribution >= 4 is 5.91 Å². The molecule has 1 aromatic carbocycles. The summed E-state index contributed by atoms with van der Waals surface area (Å²) in [6, 6.07) is 5.38. The van der Waals surface area contributed by atoms with Crippen LogP contribution in [0.2, 0.25) is 0 Å². The molecule has 0 unspecified atom stereocenters. The van der Waals surface area contributed by atoms with Crippen molar-refractivity contribution in [3.63, 3.8) is 0 Å². The summed E-state index contributed by atoms with van der Waals surface area (Å²) in [5.41, 5.74) is 0.496. The van der Waals surface area contributed by atoms with Crippen LogP contribution in [-0.4, -0.2) is 50.3 Å². The van der Waals surface area contributed by atoms with Gasteiger partial charge < -0.3 is 19.1 Å². The normalized spacial score (nSPS) is 16.0. The van der Waals surface area contributed by atoms with Crippen LogP contribution in [0.25, 0.3) is 0 Å². The molecule has 0 aromatic heterocycles. The van der Waals surface area contributed by atoms with Crippen LogP contribution in [0.3, 0.4) is 0 Å². The minimum absolute atomic E-state index is 0.0442. The van der Waals surface area contributed by atoms with Crippen LogP contribution in [-0.2, 0) is 4.74 Å². The molecule has 0 radical (unpaired) electrons. The van der Waals surface area contributed by atoms with Gasteiger partial charge in [0, 0.05) is 13.1 Å². The summed E-state index contributed by atoms with van der Waals surface area (Å²) in [6.45, 7) is 5.46. The van der Waals surface area contributed by atoms with Gasteiger partial charge in [0.25, 0.3) is 5.91 Å². The minimum Gasteiger partial charge on any atom is -0.496 e. The number of methoxy groups -OCH3 is 2. The molecule has 0 spiro atoms. The Morgan fingerprint density at radius 1 is 1.14 bits per heavy atom. The first-order chi connectivity index (χ1) is 10.6. The molecule has 0 atom stereocenters. The number of piperidine rings is 1. The standard InChI is InChI=1S/C17H25NO4/c1-12(2)22-13-8-10-18(11-9-13)17(19)16-14(20-3)6-5-7-15(16)21-4/h5-7,12-13H,8-11H2,1-4H3. The average Bonchev–Trinajstić information content (AvgIpc) is 2.53. The Bertz CT molecular complexity index is 485. The predicted molar refractivity (Wildman–Crippen MR) is 84.7 cm³/mol. The molecular formula is C17H25NO4. The Morgan fingerprint density at radius 3 is 2.14 bits per heavy atom. The fourth-order valence-electron chi connectivity index (χ4n) is 2.80. The van der Waals surface area contributed by atoms with Gasteiger partial charge in [-0.1, -0.05) is 6.07 Å². The van der Waals surface area contributed by atoms with Crippen LogP contribution >= 0.6 is 0 Å². The summed E-state index contributed by atoms with van der Waals surface area (Å²) >= 11 is 0. The van der Waals surface area contributed by atoms with Crippen molar-refractivity contribution in [2.75, 3.05) is 27.3 Å². The summed E-state index contributed by atoms with van der Waals surface area (Å²) < 4.78 is 16.5. The molecule has 0 N–H and O–H groups in total. The van der Waals surface area contributed by atoms with Crippen molar-refractivity contribution in [2.24, 2.45) is 0 Å². The van der Waals surface area contributed by atoms with E-state index in [1.807, 2.05) is 24.8 Å². The molecule has 2 rings (SSSR count). The second-order valence-corrected chi connectivity index (χ2v) is 5.71. The lowest BCUT2D eigenvalue weighted by Crippen LogP contribution is -2.41. The number of likely N-dealkylation sites (tertiary alicyclic amines) is 1. The number of hydrogen-bond acceptors (Lipinski definition) is 4. The van der Waals surface area contributed by atoms with Crippen LogP contribution in [0.15, 0.2) is 18.2 Å². The van der Waals surface area contributed by atoms with Crippen LogP contribution < -0.4 is 9.47 Å². The SMILES string of the molecule is COc1cccc(OC)c1C(=O)N1CCC(OC(C)C)CC1. The number of carbonyl (C=O) groups is 1. The first kappa shape index (κ1) is 16.6. The van der Waals surface area contributed by atoms with Gasteiger partial charge in [0.2, 0.25) is 0 Å². The van der Waals surface area contributed by atoms with Gasteiger partial charge in [-0.2, -0.15) is 0 Å². The monoisotopic (exact) mass is 307 g/mol. The second-order valence-electron chi connectivity index (χ2n) is 5.71. The van der Waals surface area contributed by atoms with Crippen molar-refractivity contribution in [3.8, 4) is 11.5 Å². The highest BCUT2D eigenvalue weighted by atomic mass is 16.5. The van der Waals surface area contributed by atoms with Gasteiger partial charge in [-0.05, 0) is 38.8 Å². The smallest absolute Gasteiger partial charge is 0.261 e. The Balaban J connectivity index is 2.10. The molecule has 1 aliphatic rings. The third-order valence-electron chi connectivity index (χ3n) is 3.84. The summed E-state index contributed by atoms with van der Waals surface area (Å²) in [6.07, 6.45) is 2.19. The van der Waals surface area contributed by atoms with Crippen molar-refractivity contribution in [1.82, 2.24) is 4.90 Å². The highest BCUT2D eigenvalue weighted by Gasteiger charge is 2.28. The number of rotatable bonds is 5. The molecule has 5 nitrogen and oxygen atoms in total. The van der Waals surface area contributed by atoms with E-state index in [4.69, 9.17) is 14.2 Å². The summed E-state index contributed by atoms with van der Waals surface area (Å²) in [5.74, 6) is 1.05. The lowest BCUT2D eigenvalue weighted by Gasteiger charge is -2.33. The third-order valence-corrected chi connectivity index (χ3v) is 3.84. The predicted octanol–water partition coefficient (Wildman–Crippen LogP) is 2.73. The first-order valence-corrected chi connectivity index (χ1v) is 7.72. The number of ether oxygens (including phenoxy) is 3. The molecule has 22 heavy (non-hydrogen) atoms. The Labute approximate surface area is 132 Å². The lowest BCUT2D eigenvalue weighted by atomic mass is 10.0. The van der Waals surface area contributed by atoms with Crippen molar-refractivity contribution in [2.45, 2.75) is 38.9 Å². The lowest BCUT2D eigenvalue weighted by molar-refractivity contribution is -0.0236. The molecule has 0 aliphatic carbocycles.